The highest BCUT2D eigenvalue weighted by molar-refractivity contribution is 5.94. The molecule has 0 saturated carbocycles. The van der Waals surface area contributed by atoms with Crippen LogP contribution in [0.2, 0.25) is 0 Å². The van der Waals surface area contributed by atoms with Gasteiger partial charge in [0.1, 0.15) is 0 Å². The number of aromatic nitrogens is 3. The number of carbonyl (C=O) groups is 2. The average molecular weight is 447 g/mol. The normalized spacial score (nSPS) is 11.2. The molecular formula is C22H24F3N5O2. The fourth-order valence-electron chi connectivity index (χ4n) is 3.46. The van der Waals surface area contributed by atoms with E-state index in [0.717, 1.165) is 33.9 Å². The molecule has 32 heavy (non-hydrogen) atoms. The predicted molar refractivity (Wildman–Crippen MR) is 114 cm³/mol. The molecule has 2 N–H and O–H groups in total. The summed E-state index contributed by atoms with van der Waals surface area (Å²) < 4.78 is 41.7. The lowest BCUT2D eigenvalue weighted by Gasteiger charge is -2.13. The first kappa shape index (κ1) is 23.2. The summed E-state index contributed by atoms with van der Waals surface area (Å²) in [5.74, 6) is -5.69. The van der Waals surface area contributed by atoms with Crippen molar-refractivity contribution in [2.45, 2.75) is 46.6 Å². The molecule has 0 bridgehead atoms. The fraction of sp³-hybridized carbons (Fsp3) is 0.364. The van der Waals surface area contributed by atoms with E-state index in [1.165, 1.54) is 0 Å². The van der Waals surface area contributed by atoms with Gasteiger partial charge in [-0.25, -0.2) is 22.8 Å². The molecule has 0 spiro atoms. The monoisotopic (exact) mass is 447 g/mol. The van der Waals surface area contributed by atoms with Gasteiger partial charge in [0.25, 0.3) is 0 Å². The summed E-state index contributed by atoms with van der Waals surface area (Å²) in [5.41, 5.74) is 3.03. The van der Waals surface area contributed by atoms with Crippen molar-refractivity contribution < 1.29 is 22.8 Å². The van der Waals surface area contributed by atoms with Crippen molar-refractivity contribution in [2.24, 2.45) is 0 Å². The zero-order valence-electron chi connectivity index (χ0n) is 18.2. The maximum absolute atomic E-state index is 13.6. The van der Waals surface area contributed by atoms with Crippen molar-refractivity contribution in [3.8, 4) is 0 Å². The van der Waals surface area contributed by atoms with E-state index in [1.54, 1.807) is 6.20 Å². The Morgan fingerprint density at radius 2 is 1.81 bits per heavy atom. The highest BCUT2D eigenvalue weighted by atomic mass is 19.2. The lowest BCUT2D eigenvalue weighted by molar-refractivity contribution is -0.124. The Labute approximate surface area is 183 Å². The van der Waals surface area contributed by atoms with Crippen LogP contribution in [-0.4, -0.2) is 33.1 Å². The highest BCUT2D eigenvalue weighted by Gasteiger charge is 2.17. The molecule has 3 rings (SSSR count). The Bertz CT molecular complexity index is 1190. The molecule has 3 aromatic rings. The number of hydrogen-bond acceptors (Lipinski definition) is 4. The minimum atomic E-state index is -1.68. The first-order chi connectivity index (χ1) is 15.1. The molecule has 0 aliphatic heterocycles. The van der Waals surface area contributed by atoms with Crippen molar-refractivity contribution in [1.29, 1.82) is 0 Å². The SMILES string of the molecule is Cc1nc2c(cnn2C(C)C)c(C)c1CCC(=O)NCC(=O)Nc1ccc(F)c(F)c1F. The highest BCUT2D eigenvalue weighted by Crippen LogP contribution is 2.25. The number of benzene rings is 1. The maximum Gasteiger partial charge on any atom is 0.243 e. The summed E-state index contributed by atoms with van der Waals surface area (Å²) in [6, 6.07) is 1.78. The van der Waals surface area contributed by atoms with Crippen molar-refractivity contribution in [2.75, 3.05) is 11.9 Å². The molecule has 2 aromatic heterocycles. The quantitative estimate of drug-likeness (QED) is 0.540. The van der Waals surface area contributed by atoms with Gasteiger partial charge in [-0.1, -0.05) is 0 Å². The zero-order chi connectivity index (χ0) is 23.6. The van der Waals surface area contributed by atoms with E-state index in [2.05, 4.69) is 20.7 Å². The van der Waals surface area contributed by atoms with Crippen molar-refractivity contribution in [3.05, 3.63) is 52.6 Å². The third-order valence-corrected chi connectivity index (χ3v) is 5.18. The van der Waals surface area contributed by atoms with Crippen molar-refractivity contribution in [3.63, 3.8) is 0 Å². The minimum absolute atomic E-state index is 0.111. The molecule has 170 valence electrons. The molecule has 2 amide bonds. The summed E-state index contributed by atoms with van der Waals surface area (Å²) in [6.45, 7) is 7.44. The Morgan fingerprint density at radius 1 is 1.09 bits per heavy atom. The summed E-state index contributed by atoms with van der Waals surface area (Å²) in [6.07, 6.45) is 2.29. The van der Waals surface area contributed by atoms with E-state index in [4.69, 9.17) is 0 Å². The average Bonchev–Trinajstić information content (AvgIpc) is 3.16. The van der Waals surface area contributed by atoms with Crippen LogP contribution in [0.1, 0.15) is 43.1 Å². The molecule has 0 radical (unpaired) electrons. The second-order valence-electron chi connectivity index (χ2n) is 7.77. The molecule has 10 heteroatoms. The number of aryl methyl sites for hydroxylation is 2. The van der Waals surface area contributed by atoms with Crippen molar-refractivity contribution >= 4 is 28.5 Å². The van der Waals surface area contributed by atoms with E-state index in [9.17, 15) is 22.8 Å². The molecule has 0 atom stereocenters. The van der Waals surface area contributed by atoms with Crippen LogP contribution in [0.3, 0.4) is 0 Å². The largest absolute Gasteiger partial charge is 0.347 e. The van der Waals surface area contributed by atoms with Gasteiger partial charge in [-0.05, 0) is 57.4 Å². The lowest BCUT2D eigenvalue weighted by atomic mass is 10.0. The van der Waals surface area contributed by atoms with E-state index in [1.807, 2.05) is 32.4 Å². The van der Waals surface area contributed by atoms with Crippen LogP contribution in [0.4, 0.5) is 18.9 Å². The Balaban J connectivity index is 1.59. The van der Waals surface area contributed by atoms with Gasteiger partial charge < -0.3 is 10.6 Å². The number of nitrogens with zero attached hydrogens (tertiary/aromatic N) is 3. The Morgan fingerprint density at radius 3 is 2.50 bits per heavy atom. The summed E-state index contributed by atoms with van der Waals surface area (Å²) in [5, 5.41) is 9.85. The number of rotatable bonds is 7. The molecule has 2 heterocycles. The number of anilines is 1. The van der Waals surface area contributed by atoms with Crippen LogP contribution >= 0.6 is 0 Å². The fourth-order valence-corrected chi connectivity index (χ4v) is 3.46. The number of pyridine rings is 1. The number of amides is 2. The van der Waals surface area contributed by atoms with Crippen LogP contribution in [0, 0.1) is 31.3 Å². The van der Waals surface area contributed by atoms with Gasteiger partial charge >= 0.3 is 0 Å². The van der Waals surface area contributed by atoms with E-state index < -0.39 is 35.6 Å². The molecule has 0 fully saturated rings. The molecule has 0 saturated heterocycles. The van der Waals surface area contributed by atoms with Gasteiger partial charge in [-0.15, -0.1) is 0 Å². The number of carbonyl (C=O) groups excluding carboxylic acids is 2. The van der Waals surface area contributed by atoms with Crippen LogP contribution < -0.4 is 10.6 Å². The van der Waals surface area contributed by atoms with E-state index >= 15 is 0 Å². The van der Waals surface area contributed by atoms with Gasteiger partial charge in [0, 0.05) is 23.5 Å². The first-order valence-corrected chi connectivity index (χ1v) is 10.1. The third kappa shape index (κ3) is 4.74. The van der Waals surface area contributed by atoms with Crippen LogP contribution in [0.5, 0.6) is 0 Å². The van der Waals surface area contributed by atoms with Gasteiger partial charge in [0.15, 0.2) is 23.1 Å². The second kappa shape index (κ2) is 9.37. The summed E-state index contributed by atoms with van der Waals surface area (Å²) in [7, 11) is 0. The van der Waals surface area contributed by atoms with Crippen LogP contribution in [0.15, 0.2) is 18.3 Å². The van der Waals surface area contributed by atoms with Gasteiger partial charge in [0.2, 0.25) is 11.8 Å². The van der Waals surface area contributed by atoms with Crippen LogP contribution in [0.25, 0.3) is 11.0 Å². The molecule has 0 unspecified atom stereocenters. The predicted octanol–water partition coefficient (Wildman–Crippen LogP) is 3.73. The number of hydrogen-bond donors (Lipinski definition) is 2. The topological polar surface area (TPSA) is 88.9 Å². The van der Waals surface area contributed by atoms with Gasteiger partial charge in [-0.2, -0.15) is 5.10 Å². The molecule has 7 nitrogen and oxygen atoms in total. The third-order valence-electron chi connectivity index (χ3n) is 5.18. The minimum Gasteiger partial charge on any atom is -0.347 e. The first-order valence-electron chi connectivity index (χ1n) is 10.1. The molecule has 0 aliphatic rings. The van der Waals surface area contributed by atoms with Crippen LogP contribution in [-0.2, 0) is 16.0 Å². The molecule has 0 aliphatic carbocycles. The lowest BCUT2D eigenvalue weighted by Crippen LogP contribution is -2.33. The second-order valence-corrected chi connectivity index (χ2v) is 7.77. The summed E-state index contributed by atoms with van der Waals surface area (Å²) >= 11 is 0. The molecular weight excluding hydrogens is 423 g/mol. The van der Waals surface area contributed by atoms with Crippen molar-refractivity contribution in [1.82, 2.24) is 20.1 Å². The summed E-state index contributed by atoms with van der Waals surface area (Å²) in [4.78, 5) is 28.8. The number of nitrogens with one attached hydrogen (secondary N) is 2. The van der Waals surface area contributed by atoms with E-state index in [-0.39, 0.29) is 18.4 Å². The smallest absolute Gasteiger partial charge is 0.243 e. The van der Waals surface area contributed by atoms with E-state index in [0.29, 0.717) is 12.5 Å². The Kier molecular flexibility index (Phi) is 6.81. The maximum atomic E-state index is 13.6. The zero-order valence-corrected chi connectivity index (χ0v) is 18.2. The van der Waals surface area contributed by atoms with Gasteiger partial charge in [-0.3, -0.25) is 9.59 Å². The van der Waals surface area contributed by atoms with Gasteiger partial charge in [0.05, 0.1) is 18.4 Å². The standard InChI is InChI=1S/C22H24F3N5O2/c1-11(2)30-22-15(9-27-30)12(3)14(13(4)28-22)5-8-18(31)26-10-19(32)29-17-7-6-16(23)20(24)21(17)25/h6-7,9,11H,5,8,10H2,1-4H3,(H,26,31)(H,29,32). The Hall–Kier alpha value is -3.43. The molecule has 1 aromatic carbocycles. The number of halogens is 3. The number of fused-ring (bicyclic) bond motifs is 1.